The second kappa shape index (κ2) is 2.48. The van der Waals surface area contributed by atoms with Gasteiger partial charge in [0, 0.05) is 5.54 Å². The van der Waals surface area contributed by atoms with E-state index in [-0.39, 0.29) is 5.54 Å². The van der Waals surface area contributed by atoms with Crippen molar-refractivity contribution in [2.24, 2.45) is 17.1 Å². The molecule has 2 atom stereocenters. The fourth-order valence-electron chi connectivity index (χ4n) is 2.24. The molecule has 0 saturated heterocycles. The Bertz CT molecular complexity index is 147. The summed E-state index contributed by atoms with van der Waals surface area (Å²) in [6, 6.07) is 0. The minimum absolute atomic E-state index is 0.0933. The highest BCUT2D eigenvalue weighted by Crippen LogP contribution is 2.43. The molecule has 0 heterocycles. The lowest BCUT2D eigenvalue weighted by atomic mass is 9.64. The van der Waals surface area contributed by atoms with Crippen LogP contribution in [0.4, 0.5) is 0 Å². The van der Waals surface area contributed by atoms with E-state index in [1.54, 1.807) is 0 Å². The van der Waals surface area contributed by atoms with Gasteiger partial charge in [-0.25, -0.2) is 0 Å². The third-order valence-corrected chi connectivity index (χ3v) is 3.34. The van der Waals surface area contributed by atoms with Gasteiger partial charge in [0.05, 0.1) is 0 Å². The maximum atomic E-state index is 6.12. The lowest BCUT2D eigenvalue weighted by Crippen LogP contribution is -2.47. The first-order valence-electron chi connectivity index (χ1n) is 4.62. The fraction of sp³-hybridized carbons (Fsp3) is 1.00. The summed E-state index contributed by atoms with van der Waals surface area (Å²) in [5.74, 6) is 0.833. The Morgan fingerprint density at radius 3 is 2.18 bits per heavy atom. The highest BCUT2D eigenvalue weighted by Gasteiger charge is 2.38. The van der Waals surface area contributed by atoms with Crippen LogP contribution in [0.3, 0.4) is 0 Å². The number of rotatable bonds is 0. The highest BCUT2D eigenvalue weighted by atomic mass is 14.7. The smallest absolute Gasteiger partial charge is 0.0131 e. The van der Waals surface area contributed by atoms with Crippen molar-refractivity contribution in [1.29, 1.82) is 0 Å². The van der Waals surface area contributed by atoms with E-state index in [9.17, 15) is 0 Å². The van der Waals surface area contributed by atoms with Gasteiger partial charge in [0.15, 0.2) is 0 Å². The lowest BCUT2D eigenvalue weighted by Gasteiger charge is -2.45. The van der Waals surface area contributed by atoms with E-state index in [2.05, 4.69) is 27.7 Å². The van der Waals surface area contributed by atoms with Gasteiger partial charge < -0.3 is 5.73 Å². The summed E-state index contributed by atoms with van der Waals surface area (Å²) < 4.78 is 0. The van der Waals surface area contributed by atoms with Crippen LogP contribution in [0.2, 0.25) is 0 Å². The first-order valence-corrected chi connectivity index (χ1v) is 4.62. The van der Waals surface area contributed by atoms with Crippen LogP contribution < -0.4 is 5.73 Å². The van der Waals surface area contributed by atoms with Gasteiger partial charge >= 0.3 is 0 Å². The normalized spacial score (nSPS) is 43.9. The maximum Gasteiger partial charge on any atom is 0.0131 e. The zero-order valence-electron chi connectivity index (χ0n) is 8.28. The molecule has 1 nitrogen and oxygen atoms in total. The van der Waals surface area contributed by atoms with E-state index in [1.165, 1.54) is 19.3 Å². The summed E-state index contributed by atoms with van der Waals surface area (Å²) >= 11 is 0. The summed E-state index contributed by atoms with van der Waals surface area (Å²) in [7, 11) is 0. The molecule has 1 heteroatoms. The quantitative estimate of drug-likeness (QED) is 0.571. The first kappa shape index (κ1) is 9.05. The molecule has 0 spiro atoms. The predicted octanol–water partition coefficient (Wildman–Crippen LogP) is 2.55. The molecule has 1 saturated carbocycles. The van der Waals surface area contributed by atoms with Crippen LogP contribution in [0.25, 0.3) is 0 Å². The summed E-state index contributed by atoms with van der Waals surface area (Å²) in [5, 5.41) is 0. The SMILES string of the molecule is C[C@@H]1CC[C@](C)(N)CC1(C)C. The molecule has 1 aliphatic rings. The van der Waals surface area contributed by atoms with Crippen molar-refractivity contribution in [3.8, 4) is 0 Å². The van der Waals surface area contributed by atoms with Crippen LogP contribution >= 0.6 is 0 Å². The second-order valence-corrected chi connectivity index (χ2v) is 5.26. The molecule has 0 aliphatic heterocycles. The zero-order valence-corrected chi connectivity index (χ0v) is 8.28. The van der Waals surface area contributed by atoms with Crippen LogP contribution in [-0.2, 0) is 0 Å². The molecule has 0 amide bonds. The van der Waals surface area contributed by atoms with Crippen molar-refractivity contribution in [2.75, 3.05) is 0 Å². The van der Waals surface area contributed by atoms with E-state index in [1.807, 2.05) is 0 Å². The van der Waals surface area contributed by atoms with E-state index in [4.69, 9.17) is 5.73 Å². The Hall–Kier alpha value is -0.0400. The van der Waals surface area contributed by atoms with Crippen molar-refractivity contribution < 1.29 is 0 Å². The molecule has 0 aromatic carbocycles. The molecule has 1 fully saturated rings. The highest BCUT2D eigenvalue weighted by molar-refractivity contribution is 4.93. The van der Waals surface area contributed by atoms with E-state index < -0.39 is 0 Å². The topological polar surface area (TPSA) is 26.0 Å². The zero-order chi connectivity index (χ0) is 8.70. The first-order chi connectivity index (χ1) is 4.83. The number of hydrogen-bond acceptors (Lipinski definition) is 1. The van der Waals surface area contributed by atoms with Crippen molar-refractivity contribution in [1.82, 2.24) is 0 Å². The summed E-state index contributed by atoms with van der Waals surface area (Å²) in [6.45, 7) is 9.19. The van der Waals surface area contributed by atoms with Gasteiger partial charge in [-0.3, -0.25) is 0 Å². The van der Waals surface area contributed by atoms with Crippen LogP contribution in [0.5, 0.6) is 0 Å². The molecule has 0 aromatic heterocycles. The Labute approximate surface area is 70.4 Å². The number of nitrogens with two attached hydrogens (primary N) is 1. The van der Waals surface area contributed by atoms with Gasteiger partial charge in [-0.05, 0) is 37.5 Å². The van der Waals surface area contributed by atoms with Gasteiger partial charge in [-0.1, -0.05) is 20.8 Å². The van der Waals surface area contributed by atoms with E-state index in [0.717, 1.165) is 5.92 Å². The Kier molecular flexibility index (Phi) is 2.04. The van der Waals surface area contributed by atoms with Crippen LogP contribution in [0.15, 0.2) is 0 Å². The van der Waals surface area contributed by atoms with E-state index >= 15 is 0 Å². The van der Waals surface area contributed by atoms with Gasteiger partial charge in [-0.2, -0.15) is 0 Å². The molecule has 0 radical (unpaired) electrons. The molecule has 0 unspecified atom stereocenters. The molecule has 1 rings (SSSR count). The lowest BCUT2D eigenvalue weighted by molar-refractivity contribution is 0.0964. The van der Waals surface area contributed by atoms with Crippen LogP contribution in [-0.4, -0.2) is 5.54 Å². The van der Waals surface area contributed by atoms with Gasteiger partial charge in [0.25, 0.3) is 0 Å². The molecule has 0 bridgehead atoms. The third-order valence-electron chi connectivity index (χ3n) is 3.34. The van der Waals surface area contributed by atoms with E-state index in [0.29, 0.717) is 5.41 Å². The van der Waals surface area contributed by atoms with Gasteiger partial charge in [0.2, 0.25) is 0 Å². The molecule has 0 aromatic rings. The molecular weight excluding hydrogens is 134 g/mol. The predicted molar refractivity (Wildman–Crippen MR) is 49.4 cm³/mol. The minimum atomic E-state index is 0.0933. The van der Waals surface area contributed by atoms with Crippen LogP contribution in [0.1, 0.15) is 47.0 Å². The number of hydrogen-bond donors (Lipinski definition) is 1. The van der Waals surface area contributed by atoms with Crippen molar-refractivity contribution in [3.05, 3.63) is 0 Å². The van der Waals surface area contributed by atoms with Crippen molar-refractivity contribution in [3.63, 3.8) is 0 Å². The summed E-state index contributed by atoms with van der Waals surface area (Å²) in [6.07, 6.45) is 3.65. The average molecular weight is 155 g/mol. The molecule has 1 aliphatic carbocycles. The third kappa shape index (κ3) is 1.96. The Morgan fingerprint density at radius 2 is 1.82 bits per heavy atom. The maximum absolute atomic E-state index is 6.12. The molecular formula is C10H21N. The molecule has 66 valence electrons. The minimum Gasteiger partial charge on any atom is -0.325 e. The monoisotopic (exact) mass is 155 g/mol. The molecule has 2 N–H and O–H groups in total. The Balaban J connectivity index is 2.67. The van der Waals surface area contributed by atoms with Gasteiger partial charge in [-0.15, -0.1) is 0 Å². The second-order valence-electron chi connectivity index (χ2n) is 5.26. The van der Waals surface area contributed by atoms with Crippen molar-refractivity contribution in [2.45, 2.75) is 52.5 Å². The largest absolute Gasteiger partial charge is 0.325 e. The van der Waals surface area contributed by atoms with Gasteiger partial charge in [0.1, 0.15) is 0 Å². The van der Waals surface area contributed by atoms with Crippen molar-refractivity contribution >= 4 is 0 Å². The fourth-order valence-corrected chi connectivity index (χ4v) is 2.24. The Morgan fingerprint density at radius 1 is 1.27 bits per heavy atom. The summed E-state index contributed by atoms with van der Waals surface area (Å²) in [4.78, 5) is 0. The standard InChI is InChI=1S/C10H21N/c1-8-5-6-10(4,11)7-9(8,2)3/h8H,5-7,11H2,1-4H3/t8-,10+/m1/s1. The molecule has 11 heavy (non-hydrogen) atoms. The van der Waals surface area contributed by atoms with Crippen LogP contribution in [0, 0.1) is 11.3 Å². The summed E-state index contributed by atoms with van der Waals surface area (Å²) in [5.41, 5.74) is 6.66. The average Bonchev–Trinajstić information content (AvgIpc) is 1.77.